The van der Waals surface area contributed by atoms with E-state index < -0.39 is 17.9 Å². The number of carboxylic acid groups (broad SMARTS) is 1. The Morgan fingerprint density at radius 2 is 2.04 bits per heavy atom. The molecule has 1 aromatic heterocycles. The number of nitrogens with one attached hydrogen (secondary N) is 1. The number of fused-ring (bicyclic) bond motifs is 1. The molecule has 0 aliphatic heterocycles. The number of aromatic nitrogens is 1. The number of nitrogens with zero attached hydrogens (tertiary/aromatic N) is 3. The van der Waals surface area contributed by atoms with Gasteiger partial charge in [-0.3, -0.25) is 4.79 Å². The molecule has 0 saturated carbocycles. The van der Waals surface area contributed by atoms with Crippen molar-refractivity contribution in [3.63, 3.8) is 0 Å². The van der Waals surface area contributed by atoms with Crippen LogP contribution in [0.5, 0.6) is 0 Å². The fourth-order valence-corrected chi connectivity index (χ4v) is 3.13. The second kappa shape index (κ2) is 9.55. The third-order valence-electron chi connectivity index (χ3n) is 4.44. The Kier molecular flexibility index (Phi) is 7.15. The van der Waals surface area contributed by atoms with Crippen molar-refractivity contribution in [3.05, 3.63) is 36.0 Å². The molecule has 148 valence electrons. The van der Waals surface area contributed by atoms with Crippen molar-refractivity contribution in [2.45, 2.75) is 39.2 Å². The van der Waals surface area contributed by atoms with Gasteiger partial charge in [0.05, 0.1) is 12.5 Å². The molecule has 8 heteroatoms. The highest BCUT2D eigenvalue weighted by Crippen LogP contribution is 2.21. The van der Waals surface area contributed by atoms with E-state index in [9.17, 15) is 19.9 Å². The Hall–Kier alpha value is -3.34. The average molecular weight is 384 g/mol. The number of aromatic amines is 1. The predicted molar refractivity (Wildman–Crippen MR) is 104 cm³/mol. The average Bonchev–Trinajstić information content (AvgIpc) is 3.07. The minimum absolute atomic E-state index is 0.0240. The lowest BCUT2D eigenvalue weighted by Crippen LogP contribution is -2.49. The Balaban J connectivity index is 2.37. The van der Waals surface area contributed by atoms with Crippen LogP contribution < -0.4 is 0 Å². The normalized spacial score (nSPS) is 12.7. The van der Waals surface area contributed by atoms with Crippen molar-refractivity contribution in [3.8, 4) is 6.07 Å². The summed E-state index contributed by atoms with van der Waals surface area (Å²) >= 11 is 0. The molecule has 1 heterocycles. The van der Waals surface area contributed by atoms with Crippen LogP contribution >= 0.6 is 0 Å². The fraction of sp³-hybridized carbons (Fsp3) is 0.400. The molecule has 0 radical (unpaired) electrons. The second-order valence-electron chi connectivity index (χ2n) is 6.97. The van der Waals surface area contributed by atoms with E-state index in [0.29, 0.717) is 0 Å². The number of benzene rings is 1. The Morgan fingerprint density at radius 1 is 1.32 bits per heavy atom. The molecule has 0 aliphatic rings. The van der Waals surface area contributed by atoms with Gasteiger partial charge in [0.25, 0.3) is 5.91 Å². The largest absolute Gasteiger partial charge is 0.480 e. The summed E-state index contributed by atoms with van der Waals surface area (Å²) < 4.78 is 0. The first-order valence-corrected chi connectivity index (χ1v) is 9.05. The number of para-hydroxylation sites is 1. The van der Waals surface area contributed by atoms with Crippen LogP contribution in [0.4, 0.5) is 0 Å². The minimum Gasteiger partial charge on any atom is -0.480 e. The van der Waals surface area contributed by atoms with Gasteiger partial charge in [-0.2, -0.15) is 5.26 Å². The van der Waals surface area contributed by atoms with Crippen LogP contribution in [0.2, 0.25) is 0 Å². The van der Waals surface area contributed by atoms with Gasteiger partial charge in [0, 0.05) is 36.5 Å². The lowest BCUT2D eigenvalue weighted by Gasteiger charge is -2.28. The molecule has 2 rings (SSSR count). The topological polar surface area (TPSA) is 130 Å². The number of rotatable bonds is 9. The molecule has 28 heavy (non-hydrogen) atoms. The zero-order valence-electron chi connectivity index (χ0n) is 15.9. The van der Waals surface area contributed by atoms with Crippen molar-refractivity contribution in [2.75, 3.05) is 6.54 Å². The summed E-state index contributed by atoms with van der Waals surface area (Å²) in [5.41, 5.74) is 1.51. The van der Waals surface area contributed by atoms with Crippen molar-refractivity contribution in [1.82, 2.24) is 9.88 Å². The number of H-pyrrole nitrogens is 1. The first-order chi connectivity index (χ1) is 13.4. The molecular formula is C20H24N4O4. The lowest BCUT2D eigenvalue weighted by molar-refractivity contribution is -0.147. The van der Waals surface area contributed by atoms with Gasteiger partial charge >= 0.3 is 5.97 Å². The van der Waals surface area contributed by atoms with Crippen LogP contribution in [0.3, 0.4) is 0 Å². The van der Waals surface area contributed by atoms with Crippen LogP contribution in [0.15, 0.2) is 35.6 Å². The summed E-state index contributed by atoms with van der Waals surface area (Å²) in [7, 11) is 0. The second-order valence-corrected chi connectivity index (χ2v) is 6.97. The first kappa shape index (κ1) is 21.0. The molecule has 0 unspecified atom stereocenters. The van der Waals surface area contributed by atoms with E-state index in [1.807, 2.05) is 44.2 Å². The van der Waals surface area contributed by atoms with Gasteiger partial charge in [-0.25, -0.2) is 4.79 Å². The van der Waals surface area contributed by atoms with Gasteiger partial charge in [-0.15, -0.1) is 0 Å². The highest BCUT2D eigenvalue weighted by molar-refractivity contribution is 6.39. The summed E-state index contributed by atoms with van der Waals surface area (Å²) in [5, 5.41) is 32.0. The molecule has 1 amide bonds. The van der Waals surface area contributed by atoms with E-state index >= 15 is 0 Å². The summed E-state index contributed by atoms with van der Waals surface area (Å²) in [5.74, 6) is -1.80. The minimum atomic E-state index is -1.19. The van der Waals surface area contributed by atoms with Gasteiger partial charge in [-0.05, 0) is 17.5 Å². The summed E-state index contributed by atoms with van der Waals surface area (Å²) in [4.78, 5) is 29.1. The number of carbonyl (C=O) groups excluding carboxylic acids is 1. The number of nitriles is 1. The van der Waals surface area contributed by atoms with Gasteiger partial charge in [-0.1, -0.05) is 37.2 Å². The SMILES string of the molecule is CC(C)CC(=NO)C(=O)N(CCC#N)[C@@H](Cc1c[nH]c2ccccc12)C(=O)O. The van der Waals surface area contributed by atoms with E-state index in [2.05, 4.69) is 10.1 Å². The monoisotopic (exact) mass is 384 g/mol. The predicted octanol–water partition coefficient (Wildman–Crippen LogP) is 2.78. The third-order valence-corrected chi connectivity index (χ3v) is 4.44. The molecule has 0 fully saturated rings. The lowest BCUT2D eigenvalue weighted by atomic mass is 10.0. The van der Waals surface area contributed by atoms with Gasteiger partial charge < -0.3 is 20.2 Å². The van der Waals surface area contributed by atoms with Crippen LogP contribution in [0, 0.1) is 17.2 Å². The van der Waals surface area contributed by atoms with E-state index in [1.54, 1.807) is 6.20 Å². The summed E-state index contributed by atoms with van der Waals surface area (Å²) in [6.45, 7) is 3.66. The molecule has 0 saturated heterocycles. The highest BCUT2D eigenvalue weighted by Gasteiger charge is 2.33. The summed E-state index contributed by atoms with van der Waals surface area (Å²) in [6, 6.07) is 8.23. The van der Waals surface area contributed by atoms with Gasteiger partial charge in [0.1, 0.15) is 11.8 Å². The van der Waals surface area contributed by atoms with Crippen molar-refractivity contribution in [2.24, 2.45) is 11.1 Å². The number of carboxylic acids is 1. The Labute approximate surface area is 163 Å². The maximum Gasteiger partial charge on any atom is 0.326 e. The van der Waals surface area contributed by atoms with E-state index in [4.69, 9.17) is 5.26 Å². The number of hydrogen-bond donors (Lipinski definition) is 3. The number of amides is 1. The molecule has 0 spiro atoms. The first-order valence-electron chi connectivity index (χ1n) is 9.05. The zero-order chi connectivity index (χ0) is 20.7. The molecule has 3 N–H and O–H groups in total. The van der Waals surface area contributed by atoms with Gasteiger partial charge in [0.15, 0.2) is 0 Å². The number of carbonyl (C=O) groups is 2. The zero-order valence-corrected chi connectivity index (χ0v) is 15.9. The van der Waals surface area contributed by atoms with Crippen LogP contribution in [0.25, 0.3) is 10.9 Å². The van der Waals surface area contributed by atoms with Crippen LogP contribution in [0.1, 0.15) is 32.3 Å². The van der Waals surface area contributed by atoms with Gasteiger partial charge in [0.2, 0.25) is 0 Å². The van der Waals surface area contributed by atoms with E-state index in [0.717, 1.165) is 21.4 Å². The smallest absolute Gasteiger partial charge is 0.326 e. The molecule has 2 aromatic rings. The van der Waals surface area contributed by atoms with E-state index in [1.165, 1.54) is 0 Å². The van der Waals surface area contributed by atoms with Crippen molar-refractivity contribution >= 4 is 28.5 Å². The van der Waals surface area contributed by atoms with Crippen molar-refractivity contribution < 1.29 is 19.9 Å². The quantitative estimate of drug-likeness (QED) is 0.348. The van der Waals surface area contributed by atoms with Crippen molar-refractivity contribution in [1.29, 1.82) is 5.26 Å². The maximum atomic E-state index is 12.9. The molecule has 1 aromatic carbocycles. The van der Waals surface area contributed by atoms with Crippen LogP contribution in [-0.2, 0) is 16.0 Å². The molecule has 1 atom stereocenters. The molecule has 0 aliphatic carbocycles. The Bertz CT molecular complexity index is 910. The number of oxime groups is 1. The van der Waals surface area contributed by atoms with E-state index in [-0.39, 0.29) is 37.4 Å². The molecule has 8 nitrogen and oxygen atoms in total. The Morgan fingerprint density at radius 3 is 2.64 bits per heavy atom. The number of hydrogen-bond acceptors (Lipinski definition) is 5. The van der Waals surface area contributed by atoms with Crippen LogP contribution in [-0.4, -0.2) is 50.4 Å². The third kappa shape index (κ3) is 4.88. The maximum absolute atomic E-state index is 12.9. The fourth-order valence-electron chi connectivity index (χ4n) is 3.13. The standard InChI is InChI=1S/C20H24N4O4/c1-13(2)10-17(23-28)19(25)24(9-5-8-21)18(20(26)27)11-14-12-22-16-7-4-3-6-15(14)16/h3-4,6-7,12-13,18,22,28H,5,9-11H2,1-2H3,(H,26,27)/t18-/m0/s1. The molecular weight excluding hydrogens is 360 g/mol. The molecule has 0 bridgehead atoms. The highest BCUT2D eigenvalue weighted by atomic mass is 16.4. The summed E-state index contributed by atoms with van der Waals surface area (Å²) in [6.07, 6.45) is 1.97. The number of aliphatic carboxylic acids is 1.